The number of rotatable bonds is 10. The molecule has 0 aliphatic rings. The van der Waals surface area contributed by atoms with Crippen molar-refractivity contribution < 1.29 is 18.7 Å². The predicted molar refractivity (Wildman–Crippen MR) is 136 cm³/mol. The standard InChI is InChI=1S/C23H31FN4O3.HI/c1-25-23(27-13-12-26-22(29)16-17-5-8-19(24)9-6-17)28(2)14-11-18-7-10-20(30-3)21(15-18)31-4;/h5-10,15H,11-14,16H2,1-4H3,(H,25,27)(H,26,29);1H. The summed E-state index contributed by atoms with van der Waals surface area (Å²) >= 11 is 0. The molecule has 0 spiro atoms. The highest BCUT2D eigenvalue weighted by Gasteiger charge is 2.09. The van der Waals surface area contributed by atoms with Crippen molar-refractivity contribution in [3.8, 4) is 11.5 Å². The van der Waals surface area contributed by atoms with Crippen LogP contribution in [0.15, 0.2) is 47.5 Å². The minimum absolute atomic E-state index is 0. The number of hydrogen-bond acceptors (Lipinski definition) is 4. The zero-order chi connectivity index (χ0) is 22.6. The van der Waals surface area contributed by atoms with Gasteiger partial charge in [-0.15, -0.1) is 24.0 Å². The first-order valence-corrected chi connectivity index (χ1v) is 10.1. The van der Waals surface area contributed by atoms with E-state index in [4.69, 9.17) is 9.47 Å². The van der Waals surface area contributed by atoms with Crippen LogP contribution in [0, 0.1) is 5.82 Å². The minimum atomic E-state index is -0.310. The Bertz CT molecular complexity index is 878. The fraction of sp³-hybridized carbons (Fsp3) is 0.391. The van der Waals surface area contributed by atoms with Crippen molar-refractivity contribution in [2.24, 2.45) is 4.99 Å². The average molecular weight is 558 g/mol. The van der Waals surface area contributed by atoms with Crippen LogP contribution in [-0.4, -0.2) is 64.7 Å². The number of likely N-dealkylation sites (N-methyl/N-ethyl adjacent to an activating group) is 1. The molecule has 0 aromatic heterocycles. The van der Waals surface area contributed by atoms with E-state index >= 15 is 0 Å². The van der Waals surface area contributed by atoms with Crippen molar-refractivity contribution in [2.75, 3.05) is 47.9 Å². The van der Waals surface area contributed by atoms with Gasteiger partial charge in [0, 0.05) is 33.7 Å². The lowest BCUT2D eigenvalue weighted by Gasteiger charge is -2.22. The lowest BCUT2D eigenvalue weighted by atomic mass is 10.1. The summed E-state index contributed by atoms with van der Waals surface area (Å²) in [5.74, 6) is 1.74. The van der Waals surface area contributed by atoms with Gasteiger partial charge in [-0.3, -0.25) is 9.79 Å². The molecule has 0 aliphatic heterocycles. The molecule has 32 heavy (non-hydrogen) atoms. The number of carbonyl (C=O) groups is 1. The van der Waals surface area contributed by atoms with Gasteiger partial charge in [0.25, 0.3) is 0 Å². The van der Waals surface area contributed by atoms with E-state index in [9.17, 15) is 9.18 Å². The molecule has 2 rings (SSSR count). The summed E-state index contributed by atoms with van der Waals surface area (Å²) in [7, 11) is 6.93. The number of hydrogen-bond donors (Lipinski definition) is 2. The van der Waals surface area contributed by atoms with Crippen molar-refractivity contribution >= 4 is 35.8 Å². The summed E-state index contributed by atoms with van der Waals surface area (Å²) in [5, 5.41) is 6.09. The van der Waals surface area contributed by atoms with Gasteiger partial charge in [-0.1, -0.05) is 18.2 Å². The lowest BCUT2D eigenvalue weighted by molar-refractivity contribution is -0.120. The van der Waals surface area contributed by atoms with Crippen LogP contribution in [0.3, 0.4) is 0 Å². The Hall–Kier alpha value is -2.56. The molecule has 0 aliphatic carbocycles. The Kier molecular flexibility index (Phi) is 12.4. The molecule has 2 aromatic rings. The van der Waals surface area contributed by atoms with Crippen LogP contribution in [0.5, 0.6) is 11.5 Å². The van der Waals surface area contributed by atoms with Crippen LogP contribution in [0.2, 0.25) is 0 Å². The van der Waals surface area contributed by atoms with Gasteiger partial charge in [0.15, 0.2) is 17.5 Å². The fourth-order valence-electron chi connectivity index (χ4n) is 3.05. The highest BCUT2D eigenvalue weighted by molar-refractivity contribution is 14.0. The minimum Gasteiger partial charge on any atom is -0.493 e. The summed E-state index contributed by atoms with van der Waals surface area (Å²) in [4.78, 5) is 18.3. The van der Waals surface area contributed by atoms with Crippen LogP contribution in [0.1, 0.15) is 11.1 Å². The Morgan fingerprint density at radius 3 is 2.25 bits per heavy atom. The SMILES string of the molecule is CN=C(NCCNC(=O)Cc1ccc(F)cc1)N(C)CCc1ccc(OC)c(OC)c1.I. The first-order valence-electron chi connectivity index (χ1n) is 10.1. The number of methoxy groups -OCH3 is 2. The molecule has 2 N–H and O–H groups in total. The summed E-state index contributed by atoms with van der Waals surface area (Å²) in [6, 6.07) is 11.8. The van der Waals surface area contributed by atoms with Crippen molar-refractivity contribution in [1.82, 2.24) is 15.5 Å². The topological polar surface area (TPSA) is 75.2 Å². The molecule has 0 atom stereocenters. The van der Waals surface area contributed by atoms with Crippen molar-refractivity contribution in [3.05, 3.63) is 59.4 Å². The second kappa shape index (κ2) is 14.5. The molecule has 2 aromatic carbocycles. The van der Waals surface area contributed by atoms with Crippen LogP contribution in [-0.2, 0) is 17.6 Å². The Balaban J connectivity index is 0.00000512. The first-order chi connectivity index (χ1) is 15.0. The molecule has 9 heteroatoms. The molecule has 1 amide bonds. The van der Waals surface area contributed by atoms with Gasteiger partial charge in [-0.05, 0) is 41.8 Å². The number of benzene rings is 2. The maximum atomic E-state index is 12.9. The monoisotopic (exact) mass is 558 g/mol. The van der Waals surface area contributed by atoms with Crippen LogP contribution < -0.4 is 20.1 Å². The number of ether oxygens (including phenoxy) is 2. The lowest BCUT2D eigenvalue weighted by Crippen LogP contribution is -2.43. The molecule has 0 heterocycles. The van der Waals surface area contributed by atoms with E-state index < -0.39 is 0 Å². The summed E-state index contributed by atoms with van der Waals surface area (Å²) in [6.45, 7) is 1.76. The smallest absolute Gasteiger partial charge is 0.224 e. The highest BCUT2D eigenvalue weighted by Crippen LogP contribution is 2.27. The second-order valence-electron chi connectivity index (χ2n) is 6.99. The highest BCUT2D eigenvalue weighted by atomic mass is 127. The van der Waals surface area contributed by atoms with Crippen molar-refractivity contribution in [1.29, 1.82) is 0 Å². The number of halogens is 2. The summed E-state index contributed by atoms with van der Waals surface area (Å²) < 4.78 is 23.6. The Labute approximate surface area is 206 Å². The number of guanidine groups is 1. The quantitative estimate of drug-likeness (QED) is 0.203. The molecule has 0 saturated carbocycles. The third-order valence-corrected chi connectivity index (χ3v) is 4.77. The molecule has 0 fully saturated rings. The van der Waals surface area contributed by atoms with Gasteiger partial charge in [-0.25, -0.2) is 4.39 Å². The number of nitrogens with zero attached hydrogens (tertiary/aromatic N) is 2. The number of aliphatic imine (C=N–C) groups is 1. The van der Waals surface area contributed by atoms with E-state index in [-0.39, 0.29) is 42.1 Å². The number of nitrogens with one attached hydrogen (secondary N) is 2. The van der Waals surface area contributed by atoms with Gasteiger partial charge in [0.2, 0.25) is 5.91 Å². The molecule has 176 valence electrons. The third-order valence-electron chi connectivity index (χ3n) is 4.77. The second-order valence-corrected chi connectivity index (χ2v) is 6.99. The van der Waals surface area contributed by atoms with Crippen molar-refractivity contribution in [3.63, 3.8) is 0 Å². The zero-order valence-corrected chi connectivity index (χ0v) is 21.3. The maximum Gasteiger partial charge on any atom is 0.224 e. The zero-order valence-electron chi connectivity index (χ0n) is 19.0. The Morgan fingerprint density at radius 1 is 1.00 bits per heavy atom. The average Bonchev–Trinajstić information content (AvgIpc) is 2.78. The molecular weight excluding hydrogens is 526 g/mol. The van der Waals surface area contributed by atoms with Crippen LogP contribution in [0.4, 0.5) is 4.39 Å². The molecular formula is C23H32FIN4O3. The molecule has 0 radical (unpaired) electrons. The largest absolute Gasteiger partial charge is 0.493 e. The molecule has 0 unspecified atom stereocenters. The normalized spacial score (nSPS) is 10.7. The summed E-state index contributed by atoms with van der Waals surface area (Å²) in [5.41, 5.74) is 1.91. The predicted octanol–water partition coefficient (Wildman–Crippen LogP) is 2.87. The van der Waals surface area contributed by atoms with E-state index in [0.717, 1.165) is 30.1 Å². The van der Waals surface area contributed by atoms with Gasteiger partial charge >= 0.3 is 0 Å². The van der Waals surface area contributed by atoms with Crippen LogP contribution >= 0.6 is 24.0 Å². The van der Waals surface area contributed by atoms with Gasteiger partial charge < -0.3 is 25.0 Å². The van der Waals surface area contributed by atoms with E-state index in [2.05, 4.69) is 15.6 Å². The summed E-state index contributed by atoms with van der Waals surface area (Å²) in [6.07, 6.45) is 1.03. The van der Waals surface area contributed by atoms with E-state index in [1.165, 1.54) is 12.1 Å². The van der Waals surface area contributed by atoms with E-state index in [1.807, 2.05) is 30.1 Å². The third kappa shape index (κ3) is 8.89. The number of amides is 1. The van der Waals surface area contributed by atoms with Gasteiger partial charge in [-0.2, -0.15) is 0 Å². The van der Waals surface area contributed by atoms with E-state index in [1.54, 1.807) is 33.4 Å². The number of carbonyl (C=O) groups excluding carboxylic acids is 1. The fourth-order valence-corrected chi connectivity index (χ4v) is 3.05. The molecule has 7 nitrogen and oxygen atoms in total. The van der Waals surface area contributed by atoms with E-state index in [0.29, 0.717) is 24.6 Å². The molecule has 0 saturated heterocycles. The van der Waals surface area contributed by atoms with Gasteiger partial charge in [0.1, 0.15) is 5.82 Å². The Morgan fingerprint density at radius 2 is 1.62 bits per heavy atom. The maximum absolute atomic E-state index is 12.9. The first kappa shape index (κ1) is 27.5. The van der Waals surface area contributed by atoms with Crippen LogP contribution in [0.25, 0.3) is 0 Å². The molecule has 0 bridgehead atoms. The van der Waals surface area contributed by atoms with Crippen molar-refractivity contribution in [2.45, 2.75) is 12.8 Å². The van der Waals surface area contributed by atoms with Gasteiger partial charge in [0.05, 0.1) is 20.6 Å².